The predicted octanol–water partition coefficient (Wildman–Crippen LogP) is 3.31. The van der Waals surface area contributed by atoms with Gasteiger partial charge in [-0.3, -0.25) is 9.59 Å². The minimum atomic E-state index is -0.0232. The van der Waals surface area contributed by atoms with E-state index < -0.39 is 0 Å². The van der Waals surface area contributed by atoms with Gasteiger partial charge in [0.2, 0.25) is 0 Å². The number of hydrogen-bond donors (Lipinski definition) is 0. The van der Waals surface area contributed by atoms with Gasteiger partial charge < -0.3 is 0 Å². The van der Waals surface area contributed by atoms with E-state index in [1.54, 1.807) is 0 Å². The Morgan fingerprint density at radius 3 is 1.89 bits per heavy atom. The summed E-state index contributed by atoms with van der Waals surface area (Å²) in [5.74, 6) is 0.281. The van der Waals surface area contributed by atoms with E-state index in [-0.39, 0.29) is 17.5 Å². The Bertz CT molecular complexity index is 433. The molecular formula is C16H18O2. The maximum absolute atomic E-state index is 12.0. The van der Waals surface area contributed by atoms with Crippen molar-refractivity contribution in [2.24, 2.45) is 5.92 Å². The molecule has 0 saturated heterocycles. The van der Waals surface area contributed by atoms with E-state index in [1.807, 2.05) is 36.5 Å². The van der Waals surface area contributed by atoms with Crippen molar-refractivity contribution in [2.75, 3.05) is 0 Å². The smallest absolute Gasteiger partial charge is 0.163 e. The molecule has 0 N–H and O–H groups in total. The average molecular weight is 242 g/mol. The summed E-state index contributed by atoms with van der Waals surface area (Å²) in [6, 6.07) is 0. The first-order chi connectivity index (χ1) is 8.74. The van der Waals surface area contributed by atoms with Crippen molar-refractivity contribution in [3.63, 3.8) is 0 Å². The van der Waals surface area contributed by atoms with Gasteiger partial charge in [0.05, 0.1) is 0 Å². The summed E-state index contributed by atoms with van der Waals surface area (Å²) >= 11 is 0. The van der Waals surface area contributed by atoms with E-state index in [9.17, 15) is 9.59 Å². The third-order valence-corrected chi connectivity index (χ3v) is 3.40. The maximum atomic E-state index is 12.0. The lowest BCUT2D eigenvalue weighted by Gasteiger charge is -2.23. The van der Waals surface area contributed by atoms with E-state index in [1.165, 1.54) is 0 Å². The van der Waals surface area contributed by atoms with Crippen LogP contribution >= 0.6 is 0 Å². The fourth-order valence-electron chi connectivity index (χ4n) is 2.50. The minimum Gasteiger partial charge on any atom is -0.294 e. The van der Waals surface area contributed by atoms with E-state index in [4.69, 9.17) is 0 Å². The van der Waals surface area contributed by atoms with Gasteiger partial charge in [-0.1, -0.05) is 49.8 Å². The highest BCUT2D eigenvalue weighted by atomic mass is 16.1. The Balaban J connectivity index is 2.33. The Hall–Kier alpha value is -1.70. The molecule has 0 bridgehead atoms. The Morgan fingerprint density at radius 2 is 1.50 bits per heavy atom. The molecule has 0 amide bonds. The van der Waals surface area contributed by atoms with Crippen LogP contribution < -0.4 is 0 Å². The molecule has 0 spiro atoms. The zero-order valence-corrected chi connectivity index (χ0v) is 10.7. The second-order valence-electron chi connectivity index (χ2n) is 4.70. The van der Waals surface area contributed by atoms with Gasteiger partial charge >= 0.3 is 0 Å². The quantitative estimate of drug-likeness (QED) is 0.758. The molecule has 0 aromatic heterocycles. The van der Waals surface area contributed by atoms with E-state index >= 15 is 0 Å². The largest absolute Gasteiger partial charge is 0.294 e. The predicted molar refractivity (Wildman–Crippen MR) is 72.1 cm³/mol. The van der Waals surface area contributed by atoms with Gasteiger partial charge in [-0.2, -0.15) is 0 Å². The fraction of sp³-hybridized carbons (Fsp3) is 0.375. The molecule has 0 aromatic rings. The monoisotopic (exact) mass is 242 g/mol. The Kier molecular flexibility index (Phi) is 4.08. The van der Waals surface area contributed by atoms with Crippen LogP contribution in [0.15, 0.2) is 47.6 Å². The summed E-state index contributed by atoms with van der Waals surface area (Å²) < 4.78 is 0. The first-order valence-electron chi connectivity index (χ1n) is 6.54. The Labute approximate surface area is 108 Å². The zero-order chi connectivity index (χ0) is 13.0. The molecule has 2 rings (SSSR count). The van der Waals surface area contributed by atoms with Gasteiger partial charge in [0, 0.05) is 29.9 Å². The number of ketones is 2. The van der Waals surface area contributed by atoms with E-state index in [0.717, 1.165) is 24.0 Å². The van der Waals surface area contributed by atoms with Crippen molar-refractivity contribution in [3.8, 4) is 0 Å². The molecule has 0 aliphatic heterocycles. The first-order valence-corrected chi connectivity index (χ1v) is 6.54. The third-order valence-electron chi connectivity index (χ3n) is 3.40. The van der Waals surface area contributed by atoms with Crippen LogP contribution in [0.3, 0.4) is 0 Å². The normalized spacial score (nSPS) is 19.2. The van der Waals surface area contributed by atoms with Crippen LogP contribution in [0.1, 0.15) is 32.6 Å². The molecule has 0 heterocycles. The Morgan fingerprint density at radius 1 is 1.00 bits per heavy atom. The van der Waals surface area contributed by atoms with Crippen molar-refractivity contribution in [3.05, 3.63) is 47.6 Å². The first kappa shape index (κ1) is 12.7. The van der Waals surface area contributed by atoms with Gasteiger partial charge in [0.15, 0.2) is 11.6 Å². The lowest BCUT2D eigenvalue weighted by molar-refractivity contribution is -0.115. The molecule has 2 aliphatic rings. The molecule has 2 nitrogen and oxygen atoms in total. The molecule has 0 fully saturated rings. The van der Waals surface area contributed by atoms with Crippen molar-refractivity contribution in [1.29, 1.82) is 0 Å². The van der Waals surface area contributed by atoms with Gasteiger partial charge in [0.25, 0.3) is 0 Å². The van der Waals surface area contributed by atoms with Crippen LogP contribution in [0.5, 0.6) is 0 Å². The highest BCUT2D eigenvalue weighted by molar-refractivity contribution is 6.04. The van der Waals surface area contributed by atoms with Crippen molar-refractivity contribution < 1.29 is 9.59 Å². The molecule has 0 aromatic carbocycles. The number of hydrogen-bond acceptors (Lipinski definition) is 2. The zero-order valence-electron chi connectivity index (χ0n) is 10.7. The number of Topliss-reactive ketones (excluding diaryl/α,β-unsaturated/α-hetero) is 2. The second-order valence-corrected chi connectivity index (χ2v) is 4.70. The van der Waals surface area contributed by atoms with Gasteiger partial charge in [-0.25, -0.2) is 0 Å². The SMILES string of the molecule is CCCC(C1=CC=CCC1=O)C1=CC=CCC1=O. The van der Waals surface area contributed by atoms with E-state index in [2.05, 4.69) is 6.92 Å². The number of allylic oxidation sites excluding steroid dienone is 8. The van der Waals surface area contributed by atoms with Crippen LogP contribution in [0.25, 0.3) is 0 Å². The molecule has 0 atom stereocenters. The lowest BCUT2D eigenvalue weighted by atomic mass is 9.79. The highest BCUT2D eigenvalue weighted by Crippen LogP contribution is 2.31. The van der Waals surface area contributed by atoms with Crippen molar-refractivity contribution in [1.82, 2.24) is 0 Å². The molecular weight excluding hydrogens is 224 g/mol. The summed E-state index contributed by atoms with van der Waals surface area (Å²) in [4.78, 5) is 24.0. The standard InChI is InChI=1S/C16H18O2/c1-2-7-12(13-8-3-5-10-15(13)17)14-9-4-6-11-16(14)18/h3-6,8-9,12H,2,7,10-11H2,1H3. The number of carbonyl (C=O) groups excluding carboxylic acids is 2. The summed E-state index contributed by atoms with van der Waals surface area (Å²) in [5, 5.41) is 0. The van der Waals surface area contributed by atoms with Gasteiger partial charge in [-0.15, -0.1) is 0 Å². The van der Waals surface area contributed by atoms with Crippen LogP contribution in [0, 0.1) is 5.92 Å². The molecule has 18 heavy (non-hydrogen) atoms. The summed E-state index contributed by atoms with van der Waals surface area (Å²) in [6.45, 7) is 2.08. The number of carbonyl (C=O) groups is 2. The van der Waals surface area contributed by atoms with Crippen LogP contribution in [-0.2, 0) is 9.59 Å². The van der Waals surface area contributed by atoms with Gasteiger partial charge in [0.1, 0.15) is 0 Å². The molecule has 0 saturated carbocycles. The summed E-state index contributed by atoms with van der Waals surface area (Å²) in [7, 11) is 0. The molecule has 0 unspecified atom stereocenters. The third kappa shape index (κ3) is 2.58. The molecule has 0 radical (unpaired) electrons. The number of rotatable bonds is 4. The fourth-order valence-corrected chi connectivity index (χ4v) is 2.50. The van der Waals surface area contributed by atoms with Crippen molar-refractivity contribution >= 4 is 11.6 Å². The van der Waals surface area contributed by atoms with Crippen molar-refractivity contribution in [2.45, 2.75) is 32.6 Å². The molecule has 2 aliphatic carbocycles. The topological polar surface area (TPSA) is 34.1 Å². The van der Waals surface area contributed by atoms with Crippen LogP contribution in [0.2, 0.25) is 0 Å². The lowest BCUT2D eigenvalue weighted by Crippen LogP contribution is -2.21. The highest BCUT2D eigenvalue weighted by Gasteiger charge is 2.27. The molecule has 2 heteroatoms. The second kappa shape index (κ2) is 5.76. The average Bonchev–Trinajstić information content (AvgIpc) is 2.38. The summed E-state index contributed by atoms with van der Waals surface area (Å²) in [6.07, 6.45) is 14.1. The molecule has 94 valence electrons. The van der Waals surface area contributed by atoms with E-state index in [0.29, 0.717) is 12.8 Å². The maximum Gasteiger partial charge on any atom is 0.163 e. The summed E-state index contributed by atoms with van der Waals surface area (Å²) in [5.41, 5.74) is 1.60. The minimum absolute atomic E-state index is 0.0232. The van der Waals surface area contributed by atoms with Crippen LogP contribution in [-0.4, -0.2) is 11.6 Å². The van der Waals surface area contributed by atoms with Gasteiger partial charge in [-0.05, 0) is 6.42 Å². The van der Waals surface area contributed by atoms with Crippen LogP contribution in [0.4, 0.5) is 0 Å².